The van der Waals surface area contributed by atoms with Crippen molar-refractivity contribution in [2.75, 3.05) is 13.7 Å². The summed E-state index contributed by atoms with van der Waals surface area (Å²) in [5.74, 6) is -0.0352. The van der Waals surface area contributed by atoms with Gasteiger partial charge in [0.25, 0.3) is 0 Å². The fraction of sp³-hybridized carbons (Fsp3) is 0.333. The number of aldehydes is 1. The third kappa shape index (κ3) is 4.79. The molecule has 0 spiro atoms. The fourth-order valence-electron chi connectivity index (χ4n) is 4.30. The van der Waals surface area contributed by atoms with E-state index in [9.17, 15) is 18.0 Å². The molecule has 2 atom stereocenters. The van der Waals surface area contributed by atoms with Crippen LogP contribution < -0.4 is 10.1 Å². The minimum atomic E-state index is -3.91. The van der Waals surface area contributed by atoms with Gasteiger partial charge in [-0.15, -0.1) is 0 Å². The van der Waals surface area contributed by atoms with Crippen molar-refractivity contribution in [3.8, 4) is 5.75 Å². The number of fused-ring (bicyclic) bond motifs is 1. The number of nitrogens with one attached hydrogen (secondary N) is 2. The van der Waals surface area contributed by atoms with Gasteiger partial charge in [-0.05, 0) is 36.6 Å². The molecule has 2 aromatic carbocycles. The lowest BCUT2D eigenvalue weighted by Gasteiger charge is -2.34. The summed E-state index contributed by atoms with van der Waals surface area (Å²) in [5, 5.41) is 3.75. The Kier molecular flexibility index (Phi) is 6.80. The quantitative estimate of drug-likeness (QED) is 0.493. The number of methoxy groups -OCH3 is 1. The number of nitrogens with zero attached hydrogens (tertiary/aromatic N) is 1. The van der Waals surface area contributed by atoms with Crippen LogP contribution in [0.3, 0.4) is 0 Å². The van der Waals surface area contributed by atoms with Gasteiger partial charge in [0.1, 0.15) is 18.1 Å². The highest BCUT2D eigenvalue weighted by molar-refractivity contribution is 7.89. The van der Waals surface area contributed by atoms with Crippen molar-refractivity contribution in [2.24, 2.45) is 0 Å². The molecular weight excluding hydrogens is 442 g/mol. The second-order valence-corrected chi connectivity index (χ2v) is 10.0. The predicted octanol–water partition coefficient (Wildman–Crippen LogP) is 2.65. The maximum absolute atomic E-state index is 13.3. The number of hydrogen-bond acceptors (Lipinski definition) is 5. The number of hydrogen-bond donors (Lipinski definition) is 2. The maximum atomic E-state index is 13.3. The summed E-state index contributed by atoms with van der Waals surface area (Å²) in [6.07, 6.45) is 4.63. The number of amides is 1. The standard InChI is InChI=1S/C24H27N3O5S/c1-32-19-7-6-8-20(14-19)33(30,31)27-12-5-4-11-23(27)24(29)26-18(16-28)13-17-15-25-22-10-3-2-9-21(17)22/h2-3,6-10,14-16,18,23,25H,4-5,11-13H2,1H3,(H,26,29)/t18-,23-/m0/s1. The summed E-state index contributed by atoms with van der Waals surface area (Å²) in [6, 6.07) is 12.3. The number of benzene rings is 2. The summed E-state index contributed by atoms with van der Waals surface area (Å²) in [5.41, 5.74) is 1.86. The highest BCUT2D eigenvalue weighted by Gasteiger charge is 2.38. The Morgan fingerprint density at radius 1 is 1.24 bits per heavy atom. The first-order chi connectivity index (χ1) is 15.9. The van der Waals surface area contributed by atoms with Crippen LogP contribution in [-0.2, 0) is 26.0 Å². The minimum Gasteiger partial charge on any atom is -0.497 e. The van der Waals surface area contributed by atoms with E-state index >= 15 is 0 Å². The molecule has 0 aliphatic carbocycles. The number of aromatic amines is 1. The van der Waals surface area contributed by atoms with Crippen LogP contribution in [0, 0.1) is 0 Å². The van der Waals surface area contributed by atoms with E-state index in [1.807, 2.05) is 30.5 Å². The summed E-state index contributed by atoms with van der Waals surface area (Å²) in [6.45, 7) is 0.242. The Hall–Kier alpha value is -3.17. The summed E-state index contributed by atoms with van der Waals surface area (Å²) in [7, 11) is -2.44. The van der Waals surface area contributed by atoms with Gasteiger partial charge in [0.2, 0.25) is 15.9 Å². The van der Waals surface area contributed by atoms with E-state index in [4.69, 9.17) is 4.74 Å². The molecule has 8 nitrogen and oxygen atoms in total. The normalized spacial score (nSPS) is 18.0. The van der Waals surface area contributed by atoms with Crippen molar-refractivity contribution in [1.29, 1.82) is 0 Å². The number of sulfonamides is 1. The van der Waals surface area contributed by atoms with E-state index < -0.39 is 28.0 Å². The SMILES string of the molecule is COc1cccc(S(=O)(=O)N2CCCC[C@H]2C(=O)N[C@H](C=O)Cc2c[nH]c3ccccc23)c1. The lowest BCUT2D eigenvalue weighted by atomic mass is 10.0. The van der Waals surface area contributed by atoms with Crippen LogP contribution in [0.2, 0.25) is 0 Å². The highest BCUT2D eigenvalue weighted by atomic mass is 32.2. The monoisotopic (exact) mass is 469 g/mol. The van der Waals surface area contributed by atoms with Crippen LogP contribution in [-0.4, -0.2) is 55.6 Å². The van der Waals surface area contributed by atoms with Gasteiger partial charge in [-0.2, -0.15) is 4.31 Å². The number of aromatic nitrogens is 1. The third-order valence-electron chi connectivity index (χ3n) is 6.01. The van der Waals surface area contributed by atoms with Crippen LogP contribution in [0.15, 0.2) is 59.6 Å². The summed E-state index contributed by atoms with van der Waals surface area (Å²) < 4.78 is 33.1. The first-order valence-electron chi connectivity index (χ1n) is 10.9. The van der Waals surface area contributed by atoms with Gasteiger partial charge in [-0.3, -0.25) is 4.79 Å². The molecule has 0 unspecified atom stereocenters. The topological polar surface area (TPSA) is 109 Å². The number of ether oxygens (including phenoxy) is 1. The number of rotatable bonds is 8. The molecule has 33 heavy (non-hydrogen) atoms. The Balaban J connectivity index is 1.53. The van der Waals surface area contributed by atoms with E-state index in [2.05, 4.69) is 10.3 Å². The molecule has 4 rings (SSSR count). The van der Waals surface area contributed by atoms with Crippen molar-refractivity contribution in [3.05, 3.63) is 60.3 Å². The van der Waals surface area contributed by atoms with Crippen molar-refractivity contribution in [3.63, 3.8) is 0 Å². The largest absolute Gasteiger partial charge is 0.497 e. The number of piperidine rings is 1. The van der Waals surface area contributed by atoms with Gasteiger partial charge in [0.15, 0.2) is 0 Å². The van der Waals surface area contributed by atoms with E-state index in [1.165, 1.54) is 23.5 Å². The zero-order valence-corrected chi connectivity index (χ0v) is 19.2. The van der Waals surface area contributed by atoms with E-state index in [1.54, 1.807) is 12.1 Å². The van der Waals surface area contributed by atoms with Gasteiger partial charge < -0.3 is 19.8 Å². The zero-order chi connectivity index (χ0) is 23.4. The van der Waals surface area contributed by atoms with Crippen LogP contribution in [0.5, 0.6) is 5.75 Å². The summed E-state index contributed by atoms with van der Waals surface area (Å²) in [4.78, 5) is 28.2. The van der Waals surface area contributed by atoms with E-state index in [-0.39, 0.29) is 11.4 Å². The molecule has 2 heterocycles. The van der Waals surface area contributed by atoms with Gasteiger partial charge in [-0.25, -0.2) is 8.42 Å². The fourth-order valence-corrected chi connectivity index (χ4v) is 5.99. The smallest absolute Gasteiger partial charge is 0.243 e. The Morgan fingerprint density at radius 3 is 2.85 bits per heavy atom. The van der Waals surface area contributed by atoms with Crippen LogP contribution >= 0.6 is 0 Å². The van der Waals surface area contributed by atoms with Crippen LogP contribution in [0.25, 0.3) is 10.9 Å². The Labute approximate surface area is 193 Å². The van der Waals surface area contributed by atoms with Crippen molar-refractivity contribution in [1.82, 2.24) is 14.6 Å². The van der Waals surface area contributed by atoms with Gasteiger partial charge >= 0.3 is 0 Å². The maximum Gasteiger partial charge on any atom is 0.243 e. The van der Waals surface area contributed by atoms with Crippen LogP contribution in [0.4, 0.5) is 0 Å². The molecule has 0 saturated carbocycles. The molecule has 1 amide bonds. The van der Waals surface area contributed by atoms with Crippen molar-refractivity contribution in [2.45, 2.75) is 42.7 Å². The lowest BCUT2D eigenvalue weighted by molar-refractivity contribution is -0.128. The number of carbonyl (C=O) groups is 2. The first-order valence-corrected chi connectivity index (χ1v) is 12.3. The molecule has 3 aromatic rings. The molecule has 1 aliphatic rings. The van der Waals surface area contributed by atoms with Crippen LogP contribution in [0.1, 0.15) is 24.8 Å². The lowest BCUT2D eigenvalue weighted by Crippen LogP contribution is -2.54. The summed E-state index contributed by atoms with van der Waals surface area (Å²) >= 11 is 0. The average molecular weight is 470 g/mol. The molecular formula is C24H27N3O5S. The average Bonchev–Trinajstić information content (AvgIpc) is 3.26. The molecule has 1 aromatic heterocycles. The minimum absolute atomic E-state index is 0.0762. The zero-order valence-electron chi connectivity index (χ0n) is 18.4. The Morgan fingerprint density at radius 2 is 2.06 bits per heavy atom. The van der Waals surface area contributed by atoms with E-state index in [0.717, 1.165) is 22.9 Å². The molecule has 1 aliphatic heterocycles. The molecule has 174 valence electrons. The predicted molar refractivity (Wildman–Crippen MR) is 125 cm³/mol. The van der Waals surface area contributed by atoms with E-state index in [0.29, 0.717) is 31.3 Å². The first kappa shape index (κ1) is 23.0. The van der Waals surface area contributed by atoms with Gasteiger partial charge in [0.05, 0.1) is 18.0 Å². The Bertz CT molecular complexity index is 1250. The van der Waals surface area contributed by atoms with Gasteiger partial charge in [-0.1, -0.05) is 30.7 Å². The second-order valence-electron chi connectivity index (χ2n) is 8.12. The third-order valence-corrected chi connectivity index (χ3v) is 7.91. The second kappa shape index (κ2) is 9.76. The molecule has 0 bridgehead atoms. The van der Waals surface area contributed by atoms with Crippen molar-refractivity contribution < 1.29 is 22.7 Å². The molecule has 1 fully saturated rings. The molecule has 2 N–H and O–H groups in total. The molecule has 1 saturated heterocycles. The number of H-pyrrole nitrogens is 1. The highest BCUT2D eigenvalue weighted by Crippen LogP contribution is 2.27. The van der Waals surface area contributed by atoms with Crippen molar-refractivity contribution >= 4 is 33.1 Å². The molecule has 0 radical (unpaired) electrons. The number of para-hydroxylation sites is 1. The number of carbonyl (C=O) groups excluding carboxylic acids is 2. The molecule has 9 heteroatoms. The van der Waals surface area contributed by atoms with Gasteiger partial charge in [0, 0.05) is 36.1 Å².